The molecule has 4 heterocycles. The Morgan fingerprint density at radius 1 is 0.787 bits per heavy atom. The van der Waals surface area contributed by atoms with E-state index in [0.29, 0.717) is 13.1 Å². The molecule has 8 rings (SSSR count). The lowest BCUT2D eigenvalue weighted by molar-refractivity contribution is 0.0240. The number of nitrogens with zero attached hydrogens (tertiary/aromatic N) is 4. The molecule has 1 aliphatic carbocycles. The van der Waals surface area contributed by atoms with E-state index in [4.69, 9.17) is 9.15 Å². The number of benzene rings is 4. The van der Waals surface area contributed by atoms with Crippen molar-refractivity contribution in [3.05, 3.63) is 84.2 Å². The second-order valence-electron chi connectivity index (χ2n) is 14.1. The third-order valence-corrected chi connectivity index (χ3v) is 9.91. The normalized spacial score (nSPS) is 16.1. The third-order valence-electron chi connectivity index (χ3n) is 9.91. The summed E-state index contributed by atoms with van der Waals surface area (Å²) in [6.45, 7) is 10.6. The van der Waals surface area contributed by atoms with Crippen molar-refractivity contribution in [2.24, 2.45) is 7.05 Å². The lowest BCUT2D eigenvalue weighted by Crippen LogP contribution is -2.50. The third kappa shape index (κ3) is 5.41. The van der Waals surface area contributed by atoms with E-state index in [0.717, 1.165) is 54.2 Å². The maximum absolute atomic E-state index is 12.7. The van der Waals surface area contributed by atoms with Crippen LogP contribution in [0.1, 0.15) is 40.0 Å². The van der Waals surface area contributed by atoms with Crippen LogP contribution >= 0.6 is 0 Å². The standard InChI is InChI=1S/C40H43N4O3/c1-40(2,3)47-39(45)44-22-20-43(21-23-44)29-14-16-32-37(26-29)46-36-25-28(42-18-8-5-9-19-42)13-15-31(36)38(32)27-12-17-35-33(24-27)30-10-6-7-11-34(30)41(35)4/h6-7,10-17,24-26H,5,8-9,18-23H2,1-4H3/q+1. The van der Waals surface area contributed by atoms with Gasteiger partial charge >= 0.3 is 6.09 Å². The van der Waals surface area contributed by atoms with Crippen LogP contribution in [0.15, 0.2) is 83.3 Å². The molecule has 47 heavy (non-hydrogen) atoms. The lowest BCUT2D eigenvalue weighted by Gasteiger charge is -2.36. The number of ether oxygens (including phenoxy) is 1. The van der Waals surface area contributed by atoms with Crippen LogP contribution in [0.4, 0.5) is 10.5 Å². The Morgan fingerprint density at radius 2 is 1.55 bits per heavy atom. The molecule has 0 atom stereocenters. The minimum atomic E-state index is -0.499. The number of carbonyl (C=O) groups is 1. The van der Waals surface area contributed by atoms with Gasteiger partial charge in [0.1, 0.15) is 30.0 Å². The molecule has 2 saturated heterocycles. The van der Waals surface area contributed by atoms with E-state index in [1.54, 1.807) is 0 Å². The maximum atomic E-state index is 12.7. The molecule has 0 bridgehead atoms. The summed E-state index contributed by atoms with van der Waals surface area (Å²) in [4.78, 5) is 16.8. The van der Waals surface area contributed by atoms with Gasteiger partial charge in [0.25, 0.3) is 0 Å². The molecule has 3 aromatic carbocycles. The highest BCUT2D eigenvalue weighted by Gasteiger charge is 2.27. The number of anilines is 1. The zero-order valence-electron chi connectivity index (χ0n) is 27.9. The molecule has 4 aliphatic rings. The Kier molecular flexibility index (Phi) is 7.23. The average Bonchev–Trinajstić information content (AvgIpc) is 3.37. The fourth-order valence-electron chi connectivity index (χ4n) is 7.52. The first-order valence-corrected chi connectivity index (χ1v) is 17.0. The zero-order chi connectivity index (χ0) is 32.3. The Hall–Kier alpha value is -4.78. The highest BCUT2D eigenvalue weighted by atomic mass is 16.6. The van der Waals surface area contributed by atoms with Crippen molar-refractivity contribution < 1.29 is 13.9 Å². The molecule has 0 spiro atoms. The average molecular weight is 628 g/mol. The molecule has 4 aromatic rings. The first kappa shape index (κ1) is 29.6. The van der Waals surface area contributed by atoms with Crippen LogP contribution < -0.4 is 14.8 Å². The van der Waals surface area contributed by atoms with Gasteiger partial charge in [0, 0.05) is 102 Å². The minimum Gasteiger partial charge on any atom is -0.456 e. The van der Waals surface area contributed by atoms with E-state index in [-0.39, 0.29) is 6.09 Å². The number of piperidine rings is 1. The molecular weight excluding hydrogens is 584 g/mol. The van der Waals surface area contributed by atoms with Crippen LogP contribution in [-0.4, -0.2) is 60.4 Å². The number of rotatable bonds is 2. The molecule has 3 aliphatic heterocycles. The molecule has 0 saturated carbocycles. The van der Waals surface area contributed by atoms with E-state index in [2.05, 4.69) is 100.0 Å². The van der Waals surface area contributed by atoms with Crippen molar-refractivity contribution in [2.75, 3.05) is 44.2 Å². The first-order valence-electron chi connectivity index (χ1n) is 17.0. The topological polar surface area (TPSA) is 53.9 Å². The number of hydrogen-bond acceptors (Lipinski definition) is 4. The Bertz CT molecular complexity index is 2190. The van der Waals surface area contributed by atoms with Crippen LogP contribution in [0.5, 0.6) is 0 Å². The van der Waals surface area contributed by atoms with Crippen LogP contribution in [0, 0.1) is 0 Å². The quantitative estimate of drug-likeness (QED) is 0.145. The maximum Gasteiger partial charge on any atom is 0.410 e. The van der Waals surface area contributed by atoms with Crippen molar-refractivity contribution >= 4 is 44.6 Å². The fourth-order valence-corrected chi connectivity index (χ4v) is 7.52. The molecule has 7 heteroatoms. The van der Waals surface area contributed by atoms with Crippen LogP contribution in [0.2, 0.25) is 0 Å². The van der Waals surface area contributed by atoms with Gasteiger partial charge < -0.3 is 23.5 Å². The van der Waals surface area contributed by atoms with Crippen molar-refractivity contribution in [3.8, 4) is 22.5 Å². The molecular formula is C40H43N4O3+. The summed E-state index contributed by atoms with van der Waals surface area (Å²) in [6, 6.07) is 28.9. The number of carbonyl (C=O) groups excluding carboxylic acids is 1. The fraction of sp³-hybridized carbons (Fsp3) is 0.350. The molecule has 0 unspecified atom stereocenters. The van der Waals surface area contributed by atoms with Gasteiger partial charge in [-0.3, -0.25) is 0 Å². The molecule has 7 nitrogen and oxygen atoms in total. The number of piperazine rings is 1. The smallest absolute Gasteiger partial charge is 0.410 e. The number of aryl methyl sites for hydroxylation is 1. The number of fused-ring (bicyclic) bond motifs is 5. The number of para-hydroxylation sites is 1. The van der Waals surface area contributed by atoms with E-state index < -0.39 is 5.60 Å². The predicted octanol–water partition coefficient (Wildman–Crippen LogP) is 7.86. The van der Waals surface area contributed by atoms with Gasteiger partial charge in [0.15, 0.2) is 0 Å². The summed E-state index contributed by atoms with van der Waals surface area (Å²) in [5.74, 6) is 0.903. The van der Waals surface area contributed by atoms with Crippen molar-refractivity contribution in [2.45, 2.75) is 45.6 Å². The molecule has 1 amide bonds. The van der Waals surface area contributed by atoms with Crippen molar-refractivity contribution in [3.63, 3.8) is 0 Å². The van der Waals surface area contributed by atoms with Crippen LogP contribution in [0.25, 0.3) is 55.2 Å². The Balaban J connectivity index is 1.25. The van der Waals surface area contributed by atoms with E-state index in [1.165, 1.54) is 57.6 Å². The van der Waals surface area contributed by atoms with E-state index in [9.17, 15) is 4.79 Å². The van der Waals surface area contributed by atoms with Crippen LogP contribution in [-0.2, 0) is 11.8 Å². The van der Waals surface area contributed by atoms with Gasteiger partial charge in [-0.15, -0.1) is 0 Å². The summed E-state index contributed by atoms with van der Waals surface area (Å²) in [7, 11) is 2.15. The second-order valence-corrected chi connectivity index (χ2v) is 14.1. The Morgan fingerprint density at radius 3 is 2.34 bits per heavy atom. The van der Waals surface area contributed by atoms with E-state index in [1.807, 2.05) is 25.7 Å². The van der Waals surface area contributed by atoms with Crippen molar-refractivity contribution in [1.82, 2.24) is 14.0 Å². The van der Waals surface area contributed by atoms with Gasteiger partial charge in [-0.1, -0.05) is 24.3 Å². The van der Waals surface area contributed by atoms with Crippen LogP contribution in [0.3, 0.4) is 0 Å². The van der Waals surface area contributed by atoms with Gasteiger partial charge in [0.05, 0.1) is 6.07 Å². The summed E-state index contributed by atoms with van der Waals surface area (Å²) in [5, 5.41) is 4.84. The monoisotopic (exact) mass is 627 g/mol. The van der Waals surface area contributed by atoms with Gasteiger partial charge in [-0.05, 0) is 69.2 Å². The summed E-state index contributed by atoms with van der Waals surface area (Å²) >= 11 is 0. The molecule has 0 N–H and O–H groups in total. The molecule has 0 radical (unpaired) electrons. The molecule has 240 valence electrons. The van der Waals surface area contributed by atoms with Gasteiger partial charge in [0.2, 0.25) is 5.36 Å². The summed E-state index contributed by atoms with van der Waals surface area (Å²) in [5.41, 5.74) is 7.44. The minimum absolute atomic E-state index is 0.241. The highest BCUT2D eigenvalue weighted by Crippen LogP contribution is 2.42. The van der Waals surface area contributed by atoms with Gasteiger partial charge in [-0.25, -0.2) is 9.37 Å². The largest absolute Gasteiger partial charge is 0.456 e. The molecule has 1 aromatic heterocycles. The van der Waals surface area contributed by atoms with Gasteiger partial charge in [-0.2, -0.15) is 0 Å². The molecule has 2 fully saturated rings. The van der Waals surface area contributed by atoms with Crippen molar-refractivity contribution in [1.29, 1.82) is 0 Å². The number of amides is 1. The lowest BCUT2D eigenvalue weighted by atomic mass is 9.92. The SMILES string of the molecule is Cn1c2ccccc2c2cc(-c3c4ccc(=[N+]5CCCCC5)cc-4oc4cc(N5CCN(C(=O)OC(C)(C)C)CC5)ccc34)ccc21. The number of hydrogen-bond donors (Lipinski definition) is 0. The number of aromatic nitrogens is 1. The Labute approximate surface area is 275 Å². The van der Waals surface area contributed by atoms with E-state index >= 15 is 0 Å². The summed E-state index contributed by atoms with van der Waals surface area (Å²) < 4.78 is 17.2. The first-order chi connectivity index (χ1) is 22.7. The zero-order valence-corrected chi connectivity index (χ0v) is 27.9. The predicted molar refractivity (Wildman–Crippen MR) is 191 cm³/mol. The second kappa shape index (κ2) is 11.5. The summed E-state index contributed by atoms with van der Waals surface area (Å²) in [6.07, 6.45) is 3.52. The highest BCUT2D eigenvalue weighted by molar-refractivity contribution is 6.11.